The summed E-state index contributed by atoms with van der Waals surface area (Å²) in [7, 11) is 0. The number of hydrogen-bond acceptors (Lipinski definition) is 3. The summed E-state index contributed by atoms with van der Waals surface area (Å²) in [6.07, 6.45) is 3.50. The average molecular weight is 288 g/mol. The Kier molecular flexibility index (Phi) is 3.62. The molecule has 0 saturated carbocycles. The Labute approximate surface area is 124 Å². The molecule has 1 aliphatic heterocycles. The molecule has 0 bridgehead atoms. The third-order valence-corrected chi connectivity index (χ3v) is 4.16. The van der Waals surface area contributed by atoms with E-state index >= 15 is 0 Å². The van der Waals surface area contributed by atoms with Crippen LogP contribution < -0.4 is 4.90 Å². The van der Waals surface area contributed by atoms with Crippen LogP contribution in [0.25, 0.3) is 0 Å². The molecular formula is C16H18ClN3. The number of halogens is 1. The molecule has 2 aromatic rings. The highest BCUT2D eigenvalue weighted by Gasteiger charge is 2.20. The van der Waals surface area contributed by atoms with Crippen molar-refractivity contribution in [2.75, 3.05) is 11.4 Å². The lowest BCUT2D eigenvalue weighted by Gasteiger charge is -2.26. The van der Waals surface area contributed by atoms with Crippen LogP contribution >= 0.6 is 11.6 Å². The van der Waals surface area contributed by atoms with Gasteiger partial charge in [0, 0.05) is 17.8 Å². The number of fused-ring (bicyclic) bond motifs is 1. The van der Waals surface area contributed by atoms with Crippen LogP contribution in [0.1, 0.15) is 29.8 Å². The first-order valence-electron chi connectivity index (χ1n) is 7.03. The van der Waals surface area contributed by atoms with Gasteiger partial charge in [0.15, 0.2) is 0 Å². The number of hydrogen-bond donors (Lipinski definition) is 0. The van der Waals surface area contributed by atoms with Gasteiger partial charge in [-0.05, 0) is 44.7 Å². The second kappa shape index (κ2) is 5.41. The smallest absolute Gasteiger partial charge is 0.141 e. The number of nitrogens with zero attached hydrogens (tertiary/aromatic N) is 3. The molecule has 0 unspecified atom stereocenters. The molecule has 0 radical (unpaired) electrons. The number of anilines is 2. The van der Waals surface area contributed by atoms with Crippen molar-refractivity contribution in [3.63, 3.8) is 0 Å². The van der Waals surface area contributed by atoms with Gasteiger partial charge in [-0.2, -0.15) is 0 Å². The van der Waals surface area contributed by atoms with Crippen LogP contribution in [0.4, 0.5) is 11.5 Å². The van der Waals surface area contributed by atoms with Gasteiger partial charge in [0.05, 0.1) is 0 Å². The zero-order valence-corrected chi connectivity index (χ0v) is 12.6. The van der Waals surface area contributed by atoms with Crippen molar-refractivity contribution < 1.29 is 0 Å². The summed E-state index contributed by atoms with van der Waals surface area (Å²) in [5.74, 6) is 1.66. The number of aromatic nitrogens is 2. The Balaban J connectivity index is 2.15. The van der Waals surface area contributed by atoms with E-state index in [1.807, 2.05) is 13.8 Å². The predicted molar refractivity (Wildman–Crippen MR) is 82.9 cm³/mol. The highest BCUT2D eigenvalue weighted by atomic mass is 35.5. The van der Waals surface area contributed by atoms with Crippen molar-refractivity contribution in [1.82, 2.24) is 9.97 Å². The first-order valence-corrected chi connectivity index (χ1v) is 7.41. The van der Waals surface area contributed by atoms with Gasteiger partial charge in [-0.15, -0.1) is 0 Å². The lowest BCUT2D eigenvalue weighted by molar-refractivity contribution is 0.755. The molecule has 0 fully saturated rings. The van der Waals surface area contributed by atoms with E-state index in [-0.39, 0.29) is 0 Å². The summed E-state index contributed by atoms with van der Waals surface area (Å²) in [6, 6.07) is 8.57. The topological polar surface area (TPSA) is 29.0 Å². The lowest BCUT2D eigenvalue weighted by atomic mass is 10.1. The van der Waals surface area contributed by atoms with Gasteiger partial charge in [0.2, 0.25) is 0 Å². The maximum Gasteiger partial charge on any atom is 0.141 e. The molecule has 2 heterocycles. The first-order chi connectivity index (χ1) is 9.66. The van der Waals surface area contributed by atoms with Gasteiger partial charge in [-0.25, -0.2) is 9.97 Å². The molecule has 1 aromatic carbocycles. The molecule has 4 heteroatoms. The Bertz CT molecular complexity index is 640. The molecular weight excluding hydrogens is 270 g/mol. The summed E-state index contributed by atoms with van der Waals surface area (Å²) in [4.78, 5) is 11.2. The van der Waals surface area contributed by atoms with Crippen LogP contribution in [0.5, 0.6) is 0 Å². The Hall–Kier alpha value is -1.61. The number of rotatable bonds is 1. The normalized spacial score (nSPS) is 14.8. The third-order valence-electron chi connectivity index (χ3n) is 3.79. The average Bonchev–Trinajstić information content (AvgIpc) is 2.65. The number of aryl methyl sites for hydroxylation is 2. The van der Waals surface area contributed by atoms with Crippen LogP contribution in [-0.4, -0.2) is 16.5 Å². The van der Waals surface area contributed by atoms with Gasteiger partial charge >= 0.3 is 0 Å². The van der Waals surface area contributed by atoms with Gasteiger partial charge in [-0.1, -0.05) is 29.8 Å². The summed E-state index contributed by atoms with van der Waals surface area (Å²) >= 11 is 6.23. The Morgan fingerprint density at radius 1 is 1.10 bits per heavy atom. The Morgan fingerprint density at radius 2 is 1.90 bits per heavy atom. The largest absolute Gasteiger partial charge is 0.326 e. The molecule has 3 rings (SSSR count). The zero-order chi connectivity index (χ0) is 14.1. The molecule has 1 aliphatic rings. The van der Waals surface area contributed by atoms with Crippen molar-refractivity contribution in [2.24, 2.45) is 0 Å². The monoisotopic (exact) mass is 287 g/mol. The summed E-state index contributed by atoms with van der Waals surface area (Å²) in [5, 5.41) is 0.550. The van der Waals surface area contributed by atoms with E-state index in [0.29, 0.717) is 5.15 Å². The molecule has 0 aliphatic carbocycles. The van der Waals surface area contributed by atoms with E-state index in [0.717, 1.165) is 36.6 Å². The zero-order valence-electron chi connectivity index (χ0n) is 11.9. The fraction of sp³-hybridized carbons (Fsp3) is 0.375. The van der Waals surface area contributed by atoms with Crippen LogP contribution in [-0.2, 0) is 6.42 Å². The van der Waals surface area contributed by atoms with E-state index in [1.165, 1.54) is 17.7 Å². The molecule has 20 heavy (non-hydrogen) atoms. The van der Waals surface area contributed by atoms with Crippen molar-refractivity contribution in [2.45, 2.75) is 33.1 Å². The minimum atomic E-state index is 0.550. The minimum absolute atomic E-state index is 0.550. The van der Waals surface area contributed by atoms with Crippen molar-refractivity contribution >= 4 is 23.1 Å². The number of benzene rings is 1. The van der Waals surface area contributed by atoms with E-state index in [4.69, 9.17) is 11.6 Å². The Morgan fingerprint density at radius 3 is 2.75 bits per heavy atom. The van der Waals surface area contributed by atoms with E-state index in [1.54, 1.807) is 0 Å². The highest BCUT2D eigenvalue weighted by Crippen LogP contribution is 2.34. The fourth-order valence-corrected chi connectivity index (χ4v) is 2.96. The van der Waals surface area contributed by atoms with Gasteiger partial charge in [-0.3, -0.25) is 0 Å². The molecule has 1 aromatic heterocycles. The third kappa shape index (κ3) is 2.38. The molecule has 3 nitrogen and oxygen atoms in total. The molecule has 104 valence electrons. The SMILES string of the molecule is Cc1nc(Cl)c(C)c(N2CCCCc3ccccc32)n1. The summed E-state index contributed by atoms with van der Waals surface area (Å²) < 4.78 is 0. The molecule has 0 atom stereocenters. The minimum Gasteiger partial charge on any atom is -0.326 e. The van der Waals surface area contributed by atoms with E-state index < -0.39 is 0 Å². The lowest BCUT2D eigenvalue weighted by Crippen LogP contribution is -2.21. The molecule has 0 spiro atoms. The molecule has 0 N–H and O–H groups in total. The number of para-hydroxylation sites is 1. The van der Waals surface area contributed by atoms with Crippen LogP contribution in [0, 0.1) is 13.8 Å². The van der Waals surface area contributed by atoms with Gasteiger partial charge < -0.3 is 4.90 Å². The van der Waals surface area contributed by atoms with E-state index in [9.17, 15) is 0 Å². The maximum absolute atomic E-state index is 6.23. The standard InChI is InChI=1S/C16H18ClN3/c1-11-15(17)18-12(2)19-16(11)20-10-6-5-8-13-7-3-4-9-14(13)20/h3-4,7,9H,5-6,8,10H2,1-2H3. The predicted octanol–water partition coefficient (Wildman–Crippen LogP) is 4.22. The van der Waals surface area contributed by atoms with Crippen LogP contribution in [0.3, 0.4) is 0 Å². The maximum atomic E-state index is 6.23. The van der Waals surface area contributed by atoms with Crippen LogP contribution in [0.2, 0.25) is 5.15 Å². The van der Waals surface area contributed by atoms with Crippen molar-refractivity contribution in [3.05, 3.63) is 46.4 Å². The second-order valence-corrected chi connectivity index (χ2v) is 5.61. The quantitative estimate of drug-likeness (QED) is 0.735. The summed E-state index contributed by atoms with van der Waals surface area (Å²) in [5.41, 5.74) is 3.59. The van der Waals surface area contributed by atoms with Crippen molar-refractivity contribution in [1.29, 1.82) is 0 Å². The first kappa shape index (κ1) is 13.4. The van der Waals surface area contributed by atoms with Gasteiger partial charge in [0.25, 0.3) is 0 Å². The summed E-state index contributed by atoms with van der Waals surface area (Å²) in [6.45, 7) is 4.85. The fourth-order valence-electron chi connectivity index (χ4n) is 2.75. The highest BCUT2D eigenvalue weighted by molar-refractivity contribution is 6.30. The van der Waals surface area contributed by atoms with Crippen LogP contribution in [0.15, 0.2) is 24.3 Å². The van der Waals surface area contributed by atoms with E-state index in [2.05, 4.69) is 39.1 Å². The van der Waals surface area contributed by atoms with Gasteiger partial charge in [0.1, 0.15) is 16.8 Å². The molecule has 0 amide bonds. The second-order valence-electron chi connectivity index (χ2n) is 5.25. The molecule has 0 saturated heterocycles. The van der Waals surface area contributed by atoms with Crippen molar-refractivity contribution in [3.8, 4) is 0 Å².